The Morgan fingerprint density at radius 3 is 2.90 bits per heavy atom. The molecule has 1 aliphatic rings. The molecule has 0 aliphatic carbocycles. The highest BCUT2D eigenvalue weighted by atomic mass is 35.5. The molecule has 1 fully saturated rings. The van der Waals surface area contributed by atoms with Gasteiger partial charge in [0.25, 0.3) is 0 Å². The van der Waals surface area contributed by atoms with Crippen LogP contribution in [-0.2, 0) is 14.8 Å². The highest BCUT2D eigenvalue weighted by Gasteiger charge is 2.33. The summed E-state index contributed by atoms with van der Waals surface area (Å²) in [5, 5.41) is 9.65. The normalized spacial score (nSPS) is 24.2. The van der Waals surface area contributed by atoms with Crippen LogP contribution in [0.25, 0.3) is 0 Å². The maximum atomic E-state index is 11.8. The van der Waals surface area contributed by atoms with Gasteiger partial charge in [-0.2, -0.15) is 4.72 Å². The van der Waals surface area contributed by atoms with Gasteiger partial charge in [0.1, 0.15) is 12.1 Å². The first-order valence-electron chi connectivity index (χ1n) is 6.25. The number of nitrogens with zero attached hydrogens (tertiary/aromatic N) is 1. The second-order valence-corrected chi connectivity index (χ2v) is 6.90. The fourth-order valence-corrected chi connectivity index (χ4v) is 2.98. The molecule has 0 saturated carbocycles. The number of alkyl halides is 1. The van der Waals surface area contributed by atoms with Gasteiger partial charge in [0.15, 0.2) is 0 Å². The van der Waals surface area contributed by atoms with Gasteiger partial charge in [-0.3, -0.25) is 4.90 Å². The number of nitrogens with one attached hydrogen (secondary N) is 1. The quantitative estimate of drug-likeness (QED) is 0.415. The topological polar surface area (TPSA) is 95.9 Å². The first kappa shape index (κ1) is 18.0. The van der Waals surface area contributed by atoms with Gasteiger partial charge in [-0.05, 0) is 6.42 Å². The standard InChI is InChI=1S/C12H19ClN2O5S/c1-3-6-20-12(17)15-8-10(16)7-9(15)4-5-11(13)14-21(2,18)19/h3-5,9-11,14,16H,1,6-8H2,2H3/b5-4+/t9-,10-,11?/m1/s1. The lowest BCUT2D eigenvalue weighted by Crippen LogP contribution is -2.36. The van der Waals surface area contributed by atoms with E-state index in [1.54, 1.807) is 6.08 Å². The van der Waals surface area contributed by atoms with Crippen LogP contribution in [0.3, 0.4) is 0 Å². The highest BCUT2D eigenvalue weighted by Crippen LogP contribution is 2.20. The van der Waals surface area contributed by atoms with Gasteiger partial charge in [-0.25, -0.2) is 13.2 Å². The van der Waals surface area contributed by atoms with Crippen molar-refractivity contribution in [1.29, 1.82) is 0 Å². The number of carbonyl (C=O) groups is 1. The number of ether oxygens (including phenoxy) is 1. The summed E-state index contributed by atoms with van der Waals surface area (Å²) < 4.78 is 29.1. The van der Waals surface area contributed by atoms with E-state index in [0.717, 1.165) is 6.26 Å². The minimum Gasteiger partial charge on any atom is -0.445 e. The van der Waals surface area contributed by atoms with E-state index in [1.165, 1.54) is 17.1 Å². The molecule has 1 unspecified atom stereocenters. The lowest BCUT2D eigenvalue weighted by atomic mass is 10.2. The van der Waals surface area contributed by atoms with Crippen LogP contribution < -0.4 is 4.72 Å². The number of sulfonamides is 1. The maximum Gasteiger partial charge on any atom is 0.410 e. The number of hydrogen-bond acceptors (Lipinski definition) is 5. The smallest absolute Gasteiger partial charge is 0.410 e. The Balaban J connectivity index is 2.66. The van der Waals surface area contributed by atoms with E-state index in [-0.39, 0.29) is 13.2 Å². The summed E-state index contributed by atoms with van der Waals surface area (Å²) in [4.78, 5) is 13.2. The molecule has 0 bridgehead atoms. The van der Waals surface area contributed by atoms with Crippen LogP contribution in [0, 0.1) is 0 Å². The largest absolute Gasteiger partial charge is 0.445 e. The van der Waals surface area contributed by atoms with Crippen molar-refractivity contribution in [3.63, 3.8) is 0 Å². The molecule has 1 amide bonds. The molecule has 1 heterocycles. The first-order valence-corrected chi connectivity index (χ1v) is 8.57. The van der Waals surface area contributed by atoms with E-state index in [2.05, 4.69) is 11.3 Å². The number of amides is 1. The predicted octanol–water partition coefficient (Wildman–Crippen LogP) is 0.415. The van der Waals surface area contributed by atoms with Crippen molar-refractivity contribution >= 4 is 27.7 Å². The van der Waals surface area contributed by atoms with Crippen LogP contribution in [0.4, 0.5) is 4.79 Å². The summed E-state index contributed by atoms with van der Waals surface area (Å²) in [5.74, 6) is 0. The Kier molecular flexibility index (Phi) is 6.66. The molecule has 9 heteroatoms. The number of rotatable bonds is 6. The van der Waals surface area contributed by atoms with E-state index in [0.29, 0.717) is 6.42 Å². The fraction of sp³-hybridized carbons (Fsp3) is 0.583. The molecule has 1 saturated heterocycles. The first-order chi connectivity index (χ1) is 9.73. The number of halogens is 1. The summed E-state index contributed by atoms with van der Waals surface area (Å²) in [5.41, 5.74) is -0.927. The molecular weight excluding hydrogens is 320 g/mol. The van der Waals surface area contributed by atoms with Gasteiger partial charge in [-0.1, -0.05) is 24.8 Å². The van der Waals surface area contributed by atoms with E-state index < -0.39 is 33.8 Å². The molecular formula is C12H19ClN2O5S. The molecule has 120 valence electrons. The Bertz CT molecular complexity index is 508. The van der Waals surface area contributed by atoms with Crippen LogP contribution in [0.5, 0.6) is 0 Å². The molecule has 0 aromatic heterocycles. The summed E-state index contributed by atoms with van der Waals surface area (Å²) in [6, 6.07) is -0.403. The zero-order chi connectivity index (χ0) is 16.0. The number of aliphatic hydroxyl groups is 1. The molecule has 0 spiro atoms. The van der Waals surface area contributed by atoms with Crippen LogP contribution in [-0.4, -0.2) is 61.6 Å². The van der Waals surface area contributed by atoms with Crippen molar-refractivity contribution in [3.8, 4) is 0 Å². The number of likely N-dealkylation sites (tertiary alicyclic amines) is 1. The molecule has 1 aliphatic heterocycles. The van der Waals surface area contributed by atoms with Gasteiger partial charge < -0.3 is 9.84 Å². The number of β-amino-alcohol motifs (C(OH)–C–C–N with tert-alkyl or cyclic N) is 1. The lowest BCUT2D eigenvalue weighted by Gasteiger charge is -2.21. The average molecular weight is 339 g/mol. The lowest BCUT2D eigenvalue weighted by molar-refractivity contribution is 0.107. The van der Waals surface area contributed by atoms with Crippen molar-refractivity contribution in [1.82, 2.24) is 9.62 Å². The summed E-state index contributed by atoms with van der Waals surface area (Å²) >= 11 is 5.80. The van der Waals surface area contributed by atoms with Crippen molar-refractivity contribution in [2.75, 3.05) is 19.4 Å². The Labute approximate surface area is 129 Å². The Morgan fingerprint density at radius 1 is 1.67 bits per heavy atom. The summed E-state index contributed by atoms with van der Waals surface area (Å²) in [6.07, 6.45) is 4.53. The zero-order valence-corrected chi connectivity index (χ0v) is 13.2. The van der Waals surface area contributed by atoms with Crippen molar-refractivity contribution in [2.45, 2.75) is 24.1 Å². The third-order valence-electron chi connectivity index (χ3n) is 2.71. The second kappa shape index (κ2) is 7.79. The van der Waals surface area contributed by atoms with Gasteiger partial charge >= 0.3 is 6.09 Å². The molecule has 21 heavy (non-hydrogen) atoms. The zero-order valence-electron chi connectivity index (χ0n) is 11.6. The minimum atomic E-state index is -3.42. The SMILES string of the molecule is C=CCOC(=O)N1C[C@H](O)C[C@H]1/C=C/C(Cl)NS(C)(=O)=O. The molecule has 0 aromatic rings. The number of aliphatic hydroxyl groups excluding tert-OH is 1. The van der Waals surface area contributed by atoms with Crippen LogP contribution in [0.2, 0.25) is 0 Å². The van der Waals surface area contributed by atoms with E-state index in [1.807, 2.05) is 0 Å². The van der Waals surface area contributed by atoms with E-state index in [9.17, 15) is 18.3 Å². The predicted molar refractivity (Wildman–Crippen MR) is 79.4 cm³/mol. The Morgan fingerprint density at radius 2 is 2.33 bits per heavy atom. The van der Waals surface area contributed by atoms with Crippen LogP contribution in [0.1, 0.15) is 6.42 Å². The molecule has 1 rings (SSSR count). The Hall–Kier alpha value is -1.09. The van der Waals surface area contributed by atoms with Gasteiger partial charge in [0.2, 0.25) is 10.0 Å². The molecule has 7 nitrogen and oxygen atoms in total. The van der Waals surface area contributed by atoms with Crippen LogP contribution in [0.15, 0.2) is 24.8 Å². The maximum absolute atomic E-state index is 11.8. The minimum absolute atomic E-state index is 0.0790. The summed E-state index contributed by atoms with van der Waals surface area (Å²) in [6.45, 7) is 3.67. The number of carbonyl (C=O) groups excluding carboxylic acids is 1. The van der Waals surface area contributed by atoms with Gasteiger partial charge in [0, 0.05) is 0 Å². The van der Waals surface area contributed by atoms with Crippen LogP contribution >= 0.6 is 11.6 Å². The fourth-order valence-electron chi connectivity index (χ4n) is 1.92. The third-order valence-corrected chi connectivity index (χ3v) is 3.78. The van der Waals surface area contributed by atoms with Gasteiger partial charge in [-0.15, -0.1) is 11.6 Å². The molecule has 3 atom stereocenters. The van der Waals surface area contributed by atoms with Crippen molar-refractivity contribution in [2.24, 2.45) is 0 Å². The van der Waals surface area contributed by atoms with E-state index in [4.69, 9.17) is 16.3 Å². The second-order valence-electron chi connectivity index (χ2n) is 4.65. The van der Waals surface area contributed by atoms with Gasteiger partial charge in [0.05, 0.1) is 24.9 Å². The van der Waals surface area contributed by atoms with Crippen molar-refractivity contribution in [3.05, 3.63) is 24.8 Å². The van der Waals surface area contributed by atoms with E-state index >= 15 is 0 Å². The molecule has 2 N–H and O–H groups in total. The average Bonchev–Trinajstić information content (AvgIpc) is 2.73. The number of hydrogen-bond donors (Lipinski definition) is 2. The summed E-state index contributed by atoms with van der Waals surface area (Å²) in [7, 11) is -3.42. The third kappa shape index (κ3) is 6.47. The highest BCUT2D eigenvalue weighted by molar-refractivity contribution is 7.88. The van der Waals surface area contributed by atoms with Crippen molar-refractivity contribution < 1.29 is 23.1 Å². The molecule has 0 aromatic carbocycles. The monoisotopic (exact) mass is 338 g/mol. The molecule has 0 radical (unpaired) electrons.